The number of halogens is 1. The van der Waals surface area contributed by atoms with Crippen LogP contribution >= 0.6 is 0 Å². The predicted octanol–water partition coefficient (Wildman–Crippen LogP) is 2.49. The number of nitrogens with zero attached hydrogens (tertiary/aromatic N) is 2. The molecule has 3 aromatic rings. The number of rotatable bonds is 3. The molecule has 0 fully saturated rings. The van der Waals surface area contributed by atoms with Gasteiger partial charge in [-0.1, -0.05) is 0 Å². The summed E-state index contributed by atoms with van der Waals surface area (Å²) >= 11 is 0. The summed E-state index contributed by atoms with van der Waals surface area (Å²) in [7, 11) is 1.35. The Kier molecular flexibility index (Phi) is 3.21. The second-order valence-corrected chi connectivity index (χ2v) is 4.80. The fourth-order valence-electron chi connectivity index (χ4n) is 2.30. The lowest BCUT2D eigenvalue weighted by molar-refractivity contribution is -0.139. The summed E-state index contributed by atoms with van der Waals surface area (Å²) in [6.07, 6.45) is 1.89. The Morgan fingerprint density at radius 2 is 2.10 bits per heavy atom. The summed E-state index contributed by atoms with van der Waals surface area (Å²) in [6.45, 7) is 1.93. The summed E-state index contributed by atoms with van der Waals surface area (Å²) in [5, 5.41) is 3.19. The van der Waals surface area contributed by atoms with Crippen LogP contribution in [0.1, 0.15) is 11.3 Å². The molecule has 0 unspecified atom stereocenters. The zero-order valence-corrected chi connectivity index (χ0v) is 11.7. The molecule has 1 N–H and O–H groups in total. The lowest BCUT2D eigenvalue weighted by Gasteiger charge is -1.99. The number of imidazole rings is 1. The molecule has 108 valence electrons. The van der Waals surface area contributed by atoms with Crippen molar-refractivity contribution in [2.75, 3.05) is 7.11 Å². The molecule has 0 spiro atoms. The number of aromatic amines is 1. The molecule has 0 radical (unpaired) electrons. The summed E-state index contributed by atoms with van der Waals surface area (Å²) in [4.78, 5) is 15.7. The van der Waals surface area contributed by atoms with Crippen molar-refractivity contribution in [2.45, 2.75) is 13.3 Å². The van der Waals surface area contributed by atoms with Crippen LogP contribution in [0.5, 0.6) is 0 Å². The zero-order valence-electron chi connectivity index (χ0n) is 11.7. The Balaban J connectivity index is 1.99. The number of carbonyl (C=O) groups is 1. The van der Waals surface area contributed by atoms with Crippen molar-refractivity contribution < 1.29 is 13.9 Å². The highest BCUT2D eigenvalue weighted by Gasteiger charge is 2.14. The Bertz CT molecular complexity index is 802. The Morgan fingerprint density at radius 3 is 2.71 bits per heavy atom. The van der Waals surface area contributed by atoms with Crippen molar-refractivity contribution in [3.63, 3.8) is 0 Å². The van der Waals surface area contributed by atoms with Crippen LogP contribution in [-0.4, -0.2) is 27.7 Å². The second-order valence-electron chi connectivity index (χ2n) is 4.80. The van der Waals surface area contributed by atoms with E-state index in [4.69, 9.17) is 0 Å². The van der Waals surface area contributed by atoms with Crippen LogP contribution in [0.3, 0.4) is 0 Å². The molecule has 0 aliphatic heterocycles. The number of aryl methyl sites for hydroxylation is 1. The number of hydrogen-bond acceptors (Lipinski definition) is 3. The van der Waals surface area contributed by atoms with Crippen LogP contribution in [0, 0.1) is 12.7 Å². The summed E-state index contributed by atoms with van der Waals surface area (Å²) in [5.74, 6) is -0.597. The number of H-pyrrole nitrogens is 1. The number of nitrogens with one attached hydrogen (secondary N) is 1. The first-order chi connectivity index (χ1) is 10.1. The van der Waals surface area contributed by atoms with Crippen molar-refractivity contribution in [3.8, 4) is 11.3 Å². The molecule has 6 heteroatoms. The summed E-state index contributed by atoms with van der Waals surface area (Å²) in [5.41, 5.74) is 4.09. The molecule has 3 rings (SSSR count). The van der Waals surface area contributed by atoms with Gasteiger partial charge in [0.1, 0.15) is 5.82 Å². The summed E-state index contributed by atoms with van der Waals surface area (Å²) < 4.78 is 19.4. The average molecular weight is 287 g/mol. The maximum atomic E-state index is 13.0. The topological polar surface area (TPSA) is 59.4 Å². The third-order valence-corrected chi connectivity index (χ3v) is 3.38. The fourth-order valence-corrected chi connectivity index (χ4v) is 2.30. The minimum absolute atomic E-state index is 0.136. The van der Waals surface area contributed by atoms with E-state index in [0.717, 1.165) is 22.5 Å². The standard InChI is InChI=1S/C15H14FN3O2/c1-9-14(10-3-5-11(16)6-4-10)18-19-8-12(17-15(9)19)7-13(20)21-2/h3-6,8,18H,7H2,1-2H3. The highest BCUT2D eigenvalue weighted by molar-refractivity contribution is 5.73. The van der Waals surface area contributed by atoms with Crippen molar-refractivity contribution >= 4 is 11.6 Å². The molecule has 2 heterocycles. The molecule has 21 heavy (non-hydrogen) atoms. The SMILES string of the molecule is COC(=O)Cc1cn2[nH]c(-c3ccc(F)cc3)c(C)c2n1. The molecule has 0 amide bonds. The van der Waals surface area contributed by atoms with Gasteiger partial charge in [0.15, 0.2) is 5.65 Å². The normalized spacial score (nSPS) is 11.0. The second kappa shape index (κ2) is 5.05. The number of carbonyl (C=O) groups excluding carboxylic acids is 1. The highest BCUT2D eigenvalue weighted by atomic mass is 19.1. The molecular formula is C15H14FN3O2. The van der Waals surface area contributed by atoms with E-state index in [1.165, 1.54) is 19.2 Å². The number of aromatic nitrogens is 3. The Hall–Kier alpha value is -2.63. The first-order valence-corrected chi connectivity index (χ1v) is 6.48. The van der Waals surface area contributed by atoms with Crippen molar-refractivity contribution in [1.29, 1.82) is 0 Å². The van der Waals surface area contributed by atoms with Gasteiger partial charge in [-0.05, 0) is 31.2 Å². The molecule has 0 aliphatic rings. The molecule has 0 saturated carbocycles. The largest absolute Gasteiger partial charge is 0.469 e. The van der Waals surface area contributed by atoms with E-state index >= 15 is 0 Å². The average Bonchev–Trinajstić information content (AvgIpc) is 2.99. The van der Waals surface area contributed by atoms with E-state index < -0.39 is 0 Å². The smallest absolute Gasteiger partial charge is 0.311 e. The number of esters is 1. The third-order valence-electron chi connectivity index (χ3n) is 3.38. The number of ether oxygens (including phenoxy) is 1. The molecule has 1 aromatic carbocycles. The monoisotopic (exact) mass is 287 g/mol. The minimum atomic E-state index is -0.327. The number of hydrogen-bond donors (Lipinski definition) is 1. The number of methoxy groups -OCH3 is 1. The Labute approximate surface area is 120 Å². The van der Waals surface area contributed by atoms with E-state index in [2.05, 4.69) is 14.8 Å². The van der Waals surface area contributed by atoms with Gasteiger partial charge in [0.25, 0.3) is 0 Å². The van der Waals surface area contributed by atoms with Crippen LogP contribution < -0.4 is 0 Å². The number of benzene rings is 1. The highest BCUT2D eigenvalue weighted by Crippen LogP contribution is 2.25. The van der Waals surface area contributed by atoms with Gasteiger partial charge < -0.3 is 4.74 Å². The van der Waals surface area contributed by atoms with Crippen LogP contribution in [0.25, 0.3) is 16.9 Å². The maximum Gasteiger partial charge on any atom is 0.311 e. The molecule has 0 atom stereocenters. The van der Waals surface area contributed by atoms with Gasteiger partial charge in [0.05, 0.1) is 31.1 Å². The van der Waals surface area contributed by atoms with E-state index in [9.17, 15) is 9.18 Å². The first kappa shape index (κ1) is 13.4. The van der Waals surface area contributed by atoms with E-state index in [1.807, 2.05) is 6.92 Å². The van der Waals surface area contributed by atoms with E-state index in [1.54, 1.807) is 22.8 Å². The van der Waals surface area contributed by atoms with Crippen molar-refractivity contribution in [2.24, 2.45) is 0 Å². The molecule has 2 aromatic heterocycles. The molecule has 0 aliphatic carbocycles. The quantitative estimate of drug-likeness (QED) is 0.753. The van der Waals surface area contributed by atoms with Gasteiger partial charge in [-0.25, -0.2) is 13.9 Å². The third kappa shape index (κ3) is 2.40. The van der Waals surface area contributed by atoms with Gasteiger partial charge in [-0.15, -0.1) is 0 Å². The van der Waals surface area contributed by atoms with Crippen molar-refractivity contribution in [3.05, 3.63) is 47.5 Å². The zero-order chi connectivity index (χ0) is 15.0. The van der Waals surface area contributed by atoms with Gasteiger partial charge >= 0.3 is 5.97 Å². The van der Waals surface area contributed by atoms with Crippen LogP contribution in [0.15, 0.2) is 30.5 Å². The van der Waals surface area contributed by atoms with Gasteiger partial charge in [-0.2, -0.15) is 0 Å². The van der Waals surface area contributed by atoms with Crippen LogP contribution in [0.4, 0.5) is 4.39 Å². The molecule has 0 bridgehead atoms. The van der Waals surface area contributed by atoms with Crippen molar-refractivity contribution in [1.82, 2.24) is 14.6 Å². The van der Waals surface area contributed by atoms with Gasteiger partial charge in [0, 0.05) is 11.1 Å². The minimum Gasteiger partial charge on any atom is -0.469 e. The van der Waals surface area contributed by atoms with Gasteiger partial charge in [-0.3, -0.25) is 9.89 Å². The van der Waals surface area contributed by atoms with E-state index in [-0.39, 0.29) is 18.2 Å². The molecular weight excluding hydrogens is 273 g/mol. The molecule has 5 nitrogen and oxygen atoms in total. The molecule has 0 saturated heterocycles. The lowest BCUT2D eigenvalue weighted by Crippen LogP contribution is -2.04. The predicted molar refractivity (Wildman–Crippen MR) is 75.4 cm³/mol. The maximum absolute atomic E-state index is 13.0. The van der Waals surface area contributed by atoms with Crippen LogP contribution in [-0.2, 0) is 16.0 Å². The fraction of sp³-hybridized carbons (Fsp3) is 0.200. The van der Waals surface area contributed by atoms with Crippen LogP contribution in [0.2, 0.25) is 0 Å². The van der Waals surface area contributed by atoms with E-state index in [0.29, 0.717) is 5.69 Å². The lowest BCUT2D eigenvalue weighted by atomic mass is 10.1. The van der Waals surface area contributed by atoms with Gasteiger partial charge in [0.2, 0.25) is 0 Å². The Morgan fingerprint density at radius 1 is 1.38 bits per heavy atom. The number of fused-ring (bicyclic) bond motifs is 1. The first-order valence-electron chi connectivity index (χ1n) is 6.48. The summed E-state index contributed by atoms with van der Waals surface area (Å²) in [6, 6.07) is 6.26.